The van der Waals surface area contributed by atoms with E-state index in [9.17, 15) is 13.6 Å². The van der Waals surface area contributed by atoms with Crippen LogP contribution in [0.25, 0.3) is 0 Å². The largest absolute Gasteiger partial charge is 0.383 e. The molecule has 1 atom stereocenters. The van der Waals surface area contributed by atoms with Crippen molar-refractivity contribution in [1.29, 1.82) is 0 Å². The number of amides is 1. The van der Waals surface area contributed by atoms with Gasteiger partial charge in [0, 0.05) is 38.3 Å². The van der Waals surface area contributed by atoms with Crippen molar-refractivity contribution in [1.82, 2.24) is 9.80 Å². The van der Waals surface area contributed by atoms with E-state index in [1.807, 2.05) is 6.92 Å². The third kappa shape index (κ3) is 3.15. The maximum absolute atomic E-state index is 13.8. The first-order valence-electron chi connectivity index (χ1n) is 7.18. The molecule has 0 aliphatic carbocycles. The van der Waals surface area contributed by atoms with Crippen LogP contribution in [0.15, 0.2) is 12.1 Å². The fourth-order valence-corrected chi connectivity index (χ4v) is 2.77. The molecule has 1 unspecified atom stereocenters. The van der Waals surface area contributed by atoms with Gasteiger partial charge in [0.15, 0.2) is 0 Å². The van der Waals surface area contributed by atoms with Gasteiger partial charge in [-0.25, -0.2) is 8.78 Å². The SMILES string of the molecule is CCN1CCN(C(=O)c2cc(F)c(NC)c(F)c2)CC1C. The predicted octanol–water partition coefficient (Wildman–Crippen LogP) is 2.17. The summed E-state index contributed by atoms with van der Waals surface area (Å²) in [5.41, 5.74) is -0.156. The Morgan fingerprint density at radius 2 is 1.95 bits per heavy atom. The molecule has 1 amide bonds. The van der Waals surface area contributed by atoms with Gasteiger partial charge in [-0.3, -0.25) is 9.69 Å². The summed E-state index contributed by atoms with van der Waals surface area (Å²) in [4.78, 5) is 16.3. The number of piperazine rings is 1. The number of nitrogens with zero attached hydrogens (tertiary/aromatic N) is 2. The molecule has 1 aliphatic rings. The van der Waals surface area contributed by atoms with E-state index in [-0.39, 0.29) is 23.2 Å². The van der Waals surface area contributed by atoms with Crippen LogP contribution in [0.3, 0.4) is 0 Å². The molecule has 1 saturated heterocycles. The van der Waals surface area contributed by atoms with E-state index in [0.717, 1.165) is 25.2 Å². The van der Waals surface area contributed by atoms with E-state index < -0.39 is 11.6 Å². The van der Waals surface area contributed by atoms with Crippen LogP contribution in [-0.4, -0.2) is 55.0 Å². The van der Waals surface area contributed by atoms with Gasteiger partial charge >= 0.3 is 0 Å². The number of halogens is 2. The topological polar surface area (TPSA) is 35.6 Å². The normalized spacial score (nSPS) is 19.7. The van der Waals surface area contributed by atoms with Crippen LogP contribution in [0.5, 0.6) is 0 Å². The molecule has 1 fully saturated rings. The molecule has 0 saturated carbocycles. The molecule has 1 aliphatic heterocycles. The van der Waals surface area contributed by atoms with Crippen molar-refractivity contribution in [3.63, 3.8) is 0 Å². The van der Waals surface area contributed by atoms with E-state index in [1.165, 1.54) is 7.05 Å². The number of carbonyl (C=O) groups excluding carboxylic acids is 1. The zero-order chi connectivity index (χ0) is 15.6. The molecular formula is C15H21F2N3O. The quantitative estimate of drug-likeness (QED) is 0.929. The van der Waals surface area contributed by atoms with Gasteiger partial charge in [0.25, 0.3) is 5.91 Å². The first-order chi connectivity index (χ1) is 9.97. The molecule has 1 aromatic carbocycles. The molecule has 2 rings (SSSR count). The van der Waals surface area contributed by atoms with Crippen LogP contribution >= 0.6 is 0 Å². The fourth-order valence-electron chi connectivity index (χ4n) is 2.77. The minimum atomic E-state index is -0.749. The van der Waals surface area contributed by atoms with E-state index in [4.69, 9.17) is 0 Å². The van der Waals surface area contributed by atoms with Crippen molar-refractivity contribution in [2.75, 3.05) is 38.5 Å². The zero-order valence-electron chi connectivity index (χ0n) is 12.6. The van der Waals surface area contributed by atoms with E-state index in [1.54, 1.807) is 4.90 Å². The number of likely N-dealkylation sites (N-methyl/N-ethyl adjacent to an activating group) is 1. The van der Waals surface area contributed by atoms with Crippen LogP contribution in [0.1, 0.15) is 24.2 Å². The summed E-state index contributed by atoms with van der Waals surface area (Å²) in [5.74, 6) is -1.82. The van der Waals surface area contributed by atoms with E-state index >= 15 is 0 Å². The van der Waals surface area contributed by atoms with Gasteiger partial charge in [-0.05, 0) is 25.6 Å². The molecule has 4 nitrogen and oxygen atoms in total. The smallest absolute Gasteiger partial charge is 0.254 e. The molecular weight excluding hydrogens is 276 g/mol. The lowest BCUT2D eigenvalue weighted by Crippen LogP contribution is -2.53. The van der Waals surface area contributed by atoms with Gasteiger partial charge in [-0.2, -0.15) is 0 Å². The Labute approximate surface area is 123 Å². The number of hydrogen-bond acceptors (Lipinski definition) is 3. The number of nitrogens with one attached hydrogen (secondary N) is 1. The third-order valence-corrected chi connectivity index (χ3v) is 4.00. The first kappa shape index (κ1) is 15.7. The number of carbonyl (C=O) groups is 1. The average molecular weight is 297 g/mol. The molecule has 1 N–H and O–H groups in total. The minimum absolute atomic E-state index is 0.0566. The predicted molar refractivity (Wildman–Crippen MR) is 78.5 cm³/mol. The fraction of sp³-hybridized carbons (Fsp3) is 0.533. The molecule has 0 spiro atoms. The standard InChI is InChI=1S/C15H21F2N3O/c1-4-19-5-6-20(9-10(19)2)15(21)11-7-12(16)14(18-3)13(17)8-11/h7-8,10,18H,4-6,9H2,1-3H3. The molecule has 0 radical (unpaired) electrons. The van der Waals surface area contributed by atoms with Crippen LogP contribution in [-0.2, 0) is 0 Å². The Hall–Kier alpha value is -1.69. The first-order valence-corrected chi connectivity index (χ1v) is 7.18. The van der Waals surface area contributed by atoms with Gasteiger partial charge < -0.3 is 10.2 Å². The minimum Gasteiger partial charge on any atom is -0.383 e. The molecule has 6 heteroatoms. The van der Waals surface area contributed by atoms with Crippen LogP contribution in [0, 0.1) is 11.6 Å². The highest BCUT2D eigenvalue weighted by Gasteiger charge is 2.27. The summed E-state index contributed by atoms with van der Waals surface area (Å²) in [6.07, 6.45) is 0. The van der Waals surface area contributed by atoms with Crippen molar-refractivity contribution >= 4 is 11.6 Å². The molecule has 116 valence electrons. The van der Waals surface area contributed by atoms with Gasteiger partial charge in [-0.15, -0.1) is 0 Å². The summed E-state index contributed by atoms with van der Waals surface area (Å²) in [6.45, 7) is 6.99. The Kier molecular flexibility index (Phi) is 4.77. The molecule has 1 aromatic rings. The Morgan fingerprint density at radius 3 is 2.43 bits per heavy atom. The molecule has 21 heavy (non-hydrogen) atoms. The molecule has 0 bridgehead atoms. The highest BCUT2D eigenvalue weighted by atomic mass is 19.1. The number of hydrogen-bond donors (Lipinski definition) is 1. The number of rotatable bonds is 3. The average Bonchev–Trinajstić information content (AvgIpc) is 2.46. The summed E-state index contributed by atoms with van der Waals surface area (Å²) in [5, 5.41) is 2.45. The van der Waals surface area contributed by atoms with Crippen molar-refractivity contribution in [2.45, 2.75) is 19.9 Å². The van der Waals surface area contributed by atoms with E-state index in [0.29, 0.717) is 13.1 Å². The third-order valence-electron chi connectivity index (χ3n) is 4.00. The van der Waals surface area contributed by atoms with Crippen molar-refractivity contribution in [2.24, 2.45) is 0 Å². The lowest BCUT2D eigenvalue weighted by atomic mass is 10.1. The number of anilines is 1. The second-order valence-electron chi connectivity index (χ2n) is 5.29. The lowest BCUT2D eigenvalue weighted by molar-refractivity contribution is 0.0527. The Balaban J connectivity index is 2.18. The van der Waals surface area contributed by atoms with Crippen molar-refractivity contribution < 1.29 is 13.6 Å². The maximum Gasteiger partial charge on any atom is 0.254 e. The maximum atomic E-state index is 13.8. The summed E-state index contributed by atoms with van der Waals surface area (Å²) in [6, 6.07) is 2.43. The second kappa shape index (κ2) is 6.39. The molecule has 1 heterocycles. The summed E-state index contributed by atoms with van der Waals surface area (Å²) < 4.78 is 27.5. The Bertz CT molecular complexity index is 513. The van der Waals surface area contributed by atoms with Crippen molar-refractivity contribution in [3.05, 3.63) is 29.3 Å². The highest BCUT2D eigenvalue weighted by Crippen LogP contribution is 2.22. The van der Waals surface area contributed by atoms with Crippen LogP contribution < -0.4 is 5.32 Å². The number of benzene rings is 1. The Morgan fingerprint density at radius 1 is 1.33 bits per heavy atom. The second-order valence-corrected chi connectivity index (χ2v) is 5.29. The summed E-state index contributed by atoms with van der Waals surface area (Å²) >= 11 is 0. The van der Waals surface area contributed by atoms with Gasteiger partial charge in [0.05, 0.1) is 0 Å². The monoisotopic (exact) mass is 297 g/mol. The van der Waals surface area contributed by atoms with Crippen molar-refractivity contribution in [3.8, 4) is 0 Å². The van der Waals surface area contributed by atoms with Gasteiger partial charge in [0.1, 0.15) is 17.3 Å². The van der Waals surface area contributed by atoms with Gasteiger partial charge in [0.2, 0.25) is 0 Å². The lowest BCUT2D eigenvalue weighted by Gasteiger charge is -2.39. The van der Waals surface area contributed by atoms with Gasteiger partial charge in [-0.1, -0.05) is 6.92 Å². The van der Waals surface area contributed by atoms with E-state index in [2.05, 4.69) is 17.1 Å². The van der Waals surface area contributed by atoms with Crippen LogP contribution in [0.4, 0.5) is 14.5 Å². The zero-order valence-corrected chi connectivity index (χ0v) is 12.6. The summed E-state index contributed by atoms with van der Waals surface area (Å²) in [7, 11) is 1.44. The highest BCUT2D eigenvalue weighted by molar-refractivity contribution is 5.94. The molecule has 0 aromatic heterocycles. The van der Waals surface area contributed by atoms with Crippen LogP contribution in [0.2, 0.25) is 0 Å².